The van der Waals surface area contributed by atoms with Gasteiger partial charge in [0.05, 0.1) is 11.9 Å². The first kappa shape index (κ1) is 13.8. The van der Waals surface area contributed by atoms with Crippen molar-refractivity contribution in [1.29, 1.82) is 0 Å². The van der Waals surface area contributed by atoms with E-state index in [1.165, 1.54) is 22.3 Å². The monoisotopic (exact) mass is 257 g/mol. The summed E-state index contributed by atoms with van der Waals surface area (Å²) in [4.78, 5) is 0. The molecular formula is C16H23N3. The van der Waals surface area contributed by atoms with Gasteiger partial charge in [-0.05, 0) is 42.0 Å². The molecule has 3 heteroatoms. The zero-order valence-electron chi connectivity index (χ0n) is 12.2. The van der Waals surface area contributed by atoms with E-state index in [4.69, 9.17) is 5.73 Å². The third-order valence-corrected chi connectivity index (χ3v) is 3.49. The summed E-state index contributed by atoms with van der Waals surface area (Å²) in [5, 5.41) is 7.25. The molecule has 0 aliphatic carbocycles. The van der Waals surface area contributed by atoms with Crippen LogP contribution in [0, 0.1) is 6.92 Å². The number of hydrogen-bond donors (Lipinski definition) is 2. The summed E-state index contributed by atoms with van der Waals surface area (Å²) < 4.78 is 0. The van der Waals surface area contributed by atoms with Crippen molar-refractivity contribution in [2.45, 2.75) is 39.5 Å². The number of nitrogens with two attached hydrogens (primary N) is 1. The van der Waals surface area contributed by atoms with Crippen molar-refractivity contribution in [1.82, 2.24) is 10.2 Å². The predicted octanol–water partition coefficient (Wildman–Crippen LogP) is 3.18. The van der Waals surface area contributed by atoms with Crippen molar-refractivity contribution in [2.75, 3.05) is 6.54 Å². The number of aromatic nitrogens is 2. The average Bonchev–Trinajstić information content (AvgIpc) is 2.76. The van der Waals surface area contributed by atoms with Gasteiger partial charge in [0.1, 0.15) is 0 Å². The van der Waals surface area contributed by atoms with Gasteiger partial charge in [-0.25, -0.2) is 0 Å². The van der Waals surface area contributed by atoms with Crippen LogP contribution in [0.5, 0.6) is 0 Å². The Morgan fingerprint density at radius 1 is 1.26 bits per heavy atom. The Balaban J connectivity index is 2.44. The second kappa shape index (κ2) is 5.17. The van der Waals surface area contributed by atoms with Crippen LogP contribution in [0.2, 0.25) is 0 Å². The summed E-state index contributed by atoms with van der Waals surface area (Å²) in [7, 11) is 0. The van der Waals surface area contributed by atoms with Gasteiger partial charge in [0, 0.05) is 5.56 Å². The van der Waals surface area contributed by atoms with Crippen molar-refractivity contribution in [2.24, 2.45) is 5.73 Å². The molecule has 1 heterocycles. The molecule has 0 aliphatic heterocycles. The van der Waals surface area contributed by atoms with Crippen LogP contribution in [0.4, 0.5) is 0 Å². The van der Waals surface area contributed by atoms with Crippen molar-refractivity contribution in [3.05, 3.63) is 41.1 Å². The Morgan fingerprint density at radius 3 is 2.58 bits per heavy atom. The highest BCUT2D eigenvalue weighted by Gasteiger charge is 2.16. The molecule has 2 rings (SSSR count). The van der Waals surface area contributed by atoms with E-state index in [2.05, 4.69) is 56.1 Å². The van der Waals surface area contributed by atoms with E-state index in [9.17, 15) is 0 Å². The molecular weight excluding hydrogens is 234 g/mol. The minimum atomic E-state index is 0.178. The Morgan fingerprint density at radius 2 is 2.00 bits per heavy atom. The molecule has 3 N–H and O–H groups in total. The lowest BCUT2D eigenvalue weighted by Crippen LogP contribution is -2.11. The minimum absolute atomic E-state index is 0.178. The highest BCUT2D eigenvalue weighted by molar-refractivity contribution is 5.67. The van der Waals surface area contributed by atoms with E-state index < -0.39 is 0 Å². The van der Waals surface area contributed by atoms with Gasteiger partial charge in [0.25, 0.3) is 0 Å². The molecule has 0 spiro atoms. The van der Waals surface area contributed by atoms with Crippen LogP contribution in [0.3, 0.4) is 0 Å². The number of aromatic amines is 1. The number of aryl methyl sites for hydroxylation is 1. The van der Waals surface area contributed by atoms with Gasteiger partial charge < -0.3 is 5.73 Å². The maximum Gasteiger partial charge on any atom is 0.0685 e. The van der Waals surface area contributed by atoms with E-state index in [0.717, 1.165) is 12.1 Å². The van der Waals surface area contributed by atoms with Gasteiger partial charge in [-0.2, -0.15) is 5.10 Å². The fourth-order valence-electron chi connectivity index (χ4n) is 2.30. The normalized spacial score (nSPS) is 11.8. The molecule has 19 heavy (non-hydrogen) atoms. The number of nitrogens with one attached hydrogen (secondary N) is 1. The first-order chi connectivity index (χ1) is 8.93. The predicted molar refractivity (Wildman–Crippen MR) is 80.2 cm³/mol. The highest BCUT2D eigenvalue weighted by atomic mass is 15.1. The maximum absolute atomic E-state index is 5.64. The van der Waals surface area contributed by atoms with Crippen LogP contribution >= 0.6 is 0 Å². The first-order valence-corrected chi connectivity index (χ1v) is 6.77. The summed E-state index contributed by atoms with van der Waals surface area (Å²) in [5.74, 6) is 0. The minimum Gasteiger partial charge on any atom is -0.330 e. The largest absolute Gasteiger partial charge is 0.330 e. The molecule has 0 fully saturated rings. The van der Waals surface area contributed by atoms with Crippen molar-refractivity contribution >= 4 is 0 Å². The Kier molecular flexibility index (Phi) is 3.76. The molecule has 0 unspecified atom stereocenters. The molecule has 0 bridgehead atoms. The second-order valence-electron chi connectivity index (χ2n) is 6.09. The topological polar surface area (TPSA) is 54.7 Å². The van der Waals surface area contributed by atoms with Crippen molar-refractivity contribution in [3.63, 3.8) is 0 Å². The zero-order valence-corrected chi connectivity index (χ0v) is 12.2. The number of rotatable bonds is 3. The first-order valence-electron chi connectivity index (χ1n) is 6.77. The van der Waals surface area contributed by atoms with Gasteiger partial charge in [-0.15, -0.1) is 0 Å². The van der Waals surface area contributed by atoms with E-state index in [-0.39, 0.29) is 5.41 Å². The molecule has 2 aromatic rings. The summed E-state index contributed by atoms with van der Waals surface area (Å²) in [6.45, 7) is 9.50. The molecule has 0 saturated heterocycles. The fraction of sp³-hybridized carbons (Fsp3) is 0.438. The average molecular weight is 257 g/mol. The summed E-state index contributed by atoms with van der Waals surface area (Å²) in [5.41, 5.74) is 12.0. The van der Waals surface area contributed by atoms with E-state index in [0.29, 0.717) is 6.54 Å². The highest BCUT2D eigenvalue weighted by Crippen LogP contribution is 2.30. The molecule has 1 aromatic heterocycles. The van der Waals surface area contributed by atoms with Crippen LogP contribution in [-0.2, 0) is 11.8 Å². The lowest BCUT2D eigenvalue weighted by atomic mass is 9.85. The van der Waals surface area contributed by atoms with Crippen molar-refractivity contribution < 1.29 is 0 Å². The van der Waals surface area contributed by atoms with E-state index >= 15 is 0 Å². The van der Waals surface area contributed by atoms with Gasteiger partial charge in [-0.3, -0.25) is 5.10 Å². The summed E-state index contributed by atoms with van der Waals surface area (Å²) >= 11 is 0. The van der Waals surface area contributed by atoms with Gasteiger partial charge >= 0.3 is 0 Å². The number of hydrogen-bond acceptors (Lipinski definition) is 2. The van der Waals surface area contributed by atoms with Gasteiger partial charge in [0.2, 0.25) is 0 Å². The molecule has 0 saturated carbocycles. The van der Waals surface area contributed by atoms with Crippen LogP contribution in [-0.4, -0.2) is 16.7 Å². The fourth-order valence-corrected chi connectivity index (χ4v) is 2.30. The lowest BCUT2D eigenvalue weighted by molar-refractivity contribution is 0.590. The second-order valence-corrected chi connectivity index (χ2v) is 6.09. The third-order valence-electron chi connectivity index (χ3n) is 3.49. The molecule has 102 valence electrons. The number of benzene rings is 1. The Labute approximate surface area is 115 Å². The van der Waals surface area contributed by atoms with Crippen LogP contribution in [0.25, 0.3) is 11.3 Å². The van der Waals surface area contributed by atoms with E-state index in [1.807, 2.05) is 6.20 Å². The van der Waals surface area contributed by atoms with Gasteiger partial charge in [-0.1, -0.05) is 39.0 Å². The Hall–Kier alpha value is -1.61. The van der Waals surface area contributed by atoms with Crippen LogP contribution < -0.4 is 5.73 Å². The summed E-state index contributed by atoms with van der Waals surface area (Å²) in [6.07, 6.45) is 2.73. The van der Waals surface area contributed by atoms with Crippen LogP contribution in [0.15, 0.2) is 24.4 Å². The molecule has 1 aromatic carbocycles. The molecule has 0 amide bonds. The van der Waals surface area contributed by atoms with Crippen LogP contribution in [0.1, 0.15) is 37.5 Å². The Bertz CT molecular complexity index is 562. The smallest absolute Gasteiger partial charge is 0.0685 e. The molecule has 0 aliphatic rings. The lowest BCUT2D eigenvalue weighted by Gasteiger charge is -2.20. The number of nitrogens with zero attached hydrogens (tertiary/aromatic N) is 1. The van der Waals surface area contributed by atoms with Crippen molar-refractivity contribution in [3.8, 4) is 11.3 Å². The number of H-pyrrole nitrogens is 1. The molecule has 3 nitrogen and oxygen atoms in total. The van der Waals surface area contributed by atoms with Gasteiger partial charge in [0.15, 0.2) is 0 Å². The standard InChI is InChI=1S/C16H23N3/c1-11-9-13(16(2,3)4)5-6-14(11)15-12(7-8-17)10-18-19-15/h5-6,9-10H,7-8,17H2,1-4H3,(H,18,19). The maximum atomic E-state index is 5.64. The third kappa shape index (κ3) is 2.87. The SMILES string of the molecule is Cc1cc(C(C)(C)C)ccc1-c1[nH]ncc1CCN. The van der Waals surface area contributed by atoms with E-state index in [1.54, 1.807) is 0 Å². The zero-order chi connectivity index (χ0) is 14.0. The molecule has 0 radical (unpaired) electrons. The quantitative estimate of drug-likeness (QED) is 0.887. The summed E-state index contributed by atoms with van der Waals surface area (Å²) in [6, 6.07) is 6.65. The molecule has 0 atom stereocenters.